The molecule has 10 heavy (non-hydrogen) atoms. The summed E-state index contributed by atoms with van der Waals surface area (Å²) in [6, 6.07) is 3.93. The molecule has 0 unspecified atom stereocenters. The van der Waals surface area contributed by atoms with Gasteiger partial charge in [0.15, 0.2) is 0 Å². The van der Waals surface area contributed by atoms with Crippen molar-refractivity contribution in [3.05, 3.63) is 24.2 Å². The highest BCUT2D eigenvalue weighted by Gasteiger charge is 1.93. The normalized spacial score (nSPS) is 10.1. The van der Waals surface area contributed by atoms with E-state index in [1.54, 1.807) is 6.26 Å². The van der Waals surface area contributed by atoms with Crippen molar-refractivity contribution in [3.63, 3.8) is 0 Å². The third-order valence-electron chi connectivity index (χ3n) is 1.03. The Balaban J connectivity index is 2.15. The molecule has 0 amide bonds. The smallest absolute Gasteiger partial charge is 0.113 e. The molecule has 0 fully saturated rings. The van der Waals surface area contributed by atoms with Gasteiger partial charge in [0.05, 0.1) is 12.0 Å². The molecule has 0 N–H and O–H groups in total. The molecular weight excluding hydrogens is 164 g/mol. The van der Waals surface area contributed by atoms with Gasteiger partial charge in [-0.25, -0.2) is 0 Å². The Bertz CT molecular complexity index is 160. The lowest BCUT2D eigenvalue weighted by atomic mass is 10.5. The molecule has 0 aliphatic rings. The first-order chi connectivity index (χ1) is 4.93. The number of thioether (sulfide) groups is 2. The molecule has 1 nitrogen and oxygen atoms in total. The predicted octanol–water partition coefficient (Wildman–Crippen LogP) is 2.83. The Kier molecular flexibility index (Phi) is 3.83. The summed E-state index contributed by atoms with van der Waals surface area (Å²) in [5, 5.41) is 1.14. The Morgan fingerprint density at radius 3 is 3.10 bits per heavy atom. The monoisotopic (exact) mass is 174 g/mol. The van der Waals surface area contributed by atoms with Crippen molar-refractivity contribution in [3.8, 4) is 0 Å². The van der Waals surface area contributed by atoms with E-state index >= 15 is 0 Å². The Hall–Kier alpha value is -0.0200. The van der Waals surface area contributed by atoms with Gasteiger partial charge in [-0.3, -0.25) is 0 Å². The fourth-order valence-electron chi connectivity index (χ4n) is 0.620. The summed E-state index contributed by atoms with van der Waals surface area (Å²) in [4.78, 5) is 0. The van der Waals surface area contributed by atoms with Gasteiger partial charge in [0.1, 0.15) is 5.76 Å². The highest BCUT2D eigenvalue weighted by molar-refractivity contribution is 8.15. The van der Waals surface area contributed by atoms with Gasteiger partial charge in [-0.05, 0) is 18.4 Å². The van der Waals surface area contributed by atoms with Gasteiger partial charge in [-0.1, -0.05) is 0 Å². The minimum Gasteiger partial charge on any atom is -0.468 e. The molecule has 56 valence electrons. The summed E-state index contributed by atoms with van der Waals surface area (Å²) in [7, 11) is 0. The van der Waals surface area contributed by atoms with E-state index in [1.807, 2.05) is 35.7 Å². The van der Waals surface area contributed by atoms with Crippen LogP contribution in [0.4, 0.5) is 0 Å². The molecule has 0 aromatic carbocycles. The maximum atomic E-state index is 5.15. The van der Waals surface area contributed by atoms with E-state index < -0.39 is 0 Å². The standard InChI is InChI=1S/C7H10OS2/c1-9-6-10-5-7-3-2-4-8-7/h2-4H,5-6H2,1H3. The maximum Gasteiger partial charge on any atom is 0.113 e. The van der Waals surface area contributed by atoms with Crippen molar-refractivity contribution < 1.29 is 4.42 Å². The lowest BCUT2D eigenvalue weighted by Crippen LogP contribution is -1.74. The van der Waals surface area contributed by atoms with Crippen LogP contribution in [0.2, 0.25) is 0 Å². The highest BCUT2D eigenvalue weighted by Crippen LogP contribution is 2.15. The first-order valence-electron chi connectivity index (χ1n) is 3.02. The van der Waals surface area contributed by atoms with Crippen LogP contribution in [0.1, 0.15) is 5.76 Å². The third-order valence-corrected chi connectivity index (χ3v) is 3.12. The fourth-order valence-corrected chi connectivity index (χ4v) is 1.99. The summed E-state index contributed by atoms with van der Waals surface area (Å²) in [5.41, 5.74) is 0. The second-order valence-electron chi connectivity index (χ2n) is 1.83. The van der Waals surface area contributed by atoms with E-state index in [0.29, 0.717) is 0 Å². The highest BCUT2D eigenvalue weighted by atomic mass is 32.2. The molecule has 1 rings (SSSR count). The number of furan rings is 1. The number of hydrogen-bond acceptors (Lipinski definition) is 3. The molecule has 1 aromatic heterocycles. The summed E-state index contributed by atoms with van der Waals surface area (Å²) in [6.45, 7) is 0. The molecule has 0 radical (unpaired) electrons. The van der Waals surface area contributed by atoms with Crippen LogP contribution in [0, 0.1) is 0 Å². The number of rotatable bonds is 4. The largest absolute Gasteiger partial charge is 0.468 e. The van der Waals surface area contributed by atoms with Crippen LogP contribution in [0.5, 0.6) is 0 Å². The fraction of sp³-hybridized carbons (Fsp3) is 0.429. The predicted molar refractivity (Wildman–Crippen MR) is 48.4 cm³/mol. The second kappa shape index (κ2) is 4.74. The van der Waals surface area contributed by atoms with Crippen molar-refractivity contribution in [2.75, 3.05) is 11.3 Å². The van der Waals surface area contributed by atoms with Crippen molar-refractivity contribution in [2.24, 2.45) is 0 Å². The molecular formula is C7H10OS2. The molecule has 3 heteroatoms. The van der Waals surface area contributed by atoms with E-state index in [2.05, 4.69) is 6.26 Å². The maximum absolute atomic E-state index is 5.15. The Morgan fingerprint density at radius 1 is 1.60 bits per heavy atom. The molecule has 0 atom stereocenters. The van der Waals surface area contributed by atoms with Crippen LogP contribution >= 0.6 is 23.5 Å². The van der Waals surface area contributed by atoms with E-state index in [0.717, 1.165) is 16.6 Å². The number of hydrogen-bond donors (Lipinski definition) is 0. The summed E-state index contributed by atoms with van der Waals surface area (Å²) in [5.74, 6) is 2.06. The average molecular weight is 174 g/mol. The minimum absolute atomic E-state index is 0.994. The summed E-state index contributed by atoms with van der Waals surface area (Å²) >= 11 is 3.72. The van der Waals surface area contributed by atoms with Crippen molar-refractivity contribution in [1.82, 2.24) is 0 Å². The zero-order valence-corrected chi connectivity index (χ0v) is 7.50. The lowest BCUT2D eigenvalue weighted by Gasteiger charge is -1.93. The van der Waals surface area contributed by atoms with E-state index in [4.69, 9.17) is 4.42 Å². The van der Waals surface area contributed by atoms with Crippen LogP contribution in [-0.4, -0.2) is 11.3 Å². The van der Waals surface area contributed by atoms with Crippen molar-refractivity contribution >= 4 is 23.5 Å². The SMILES string of the molecule is CSCSCc1ccco1. The van der Waals surface area contributed by atoms with Gasteiger partial charge >= 0.3 is 0 Å². The second-order valence-corrected chi connectivity index (χ2v) is 4.05. The quantitative estimate of drug-likeness (QED) is 0.514. The van der Waals surface area contributed by atoms with Crippen LogP contribution in [-0.2, 0) is 5.75 Å². The topological polar surface area (TPSA) is 13.1 Å². The Labute approximate surface area is 69.6 Å². The van der Waals surface area contributed by atoms with Gasteiger partial charge < -0.3 is 4.42 Å². The van der Waals surface area contributed by atoms with Crippen LogP contribution in [0.25, 0.3) is 0 Å². The van der Waals surface area contributed by atoms with E-state index in [9.17, 15) is 0 Å². The first kappa shape index (κ1) is 8.08. The van der Waals surface area contributed by atoms with Gasteiger partial charge in [0.2, 0.25) is 0 Å². The first-order valence-corrected chi connectivity index (χ1v) is 5.57. The van der Waals surface area contributed by atoms with Crippen molar-refractivity contribution in [2.45, 2.75) is 5.75 Å². The van der Waals surface area contributed by atoms with Gasteiger partial charge in [0, 0.05) is 5.08 Å². The summed E-state index contributed by atoms with van der Waals surface area (Å²) < 4.78 is 5.15. The molecule has 1 aromatic rings. The molecule has 0 saturated heterocycles. The molecule has 0 aliphatic carbocycles. The van der Waals surface area contributed by atoms with E-state index in [1.165, 1.54) is 0 Å². The average Bonchev–Trinajstić information content (AvgIpc) is 2.41. The molecule has 1 heterocycles. The van der Waals surface area contributed by atoms with Gasteiger partial charge in [-0.2, -0.15) is 11.8 Å². The molecule has 0 spiro atoms. The van der Waals surface area contributed by atoms with Crippen molar-refractivity contribution in [1.29, 1.82) is 0 Å². The third kappa shape index (κ3) is 2.71. The molecule has 0 bridgehead atoms. The van der Waals surface area contributed by atoms with Crippen LogP contribution < -0.4 is 0 Å². The van der Waals surface area contributed by atoms with Crippen LogP contribution in [0.15, 0.2) is 22.8 Å². The zero-order chi connectivity index (χ0) is 7.23. The lowest BCUT2D eigenvalue weighted by molar-refractivity contribution is 0.530. The molecule has 0 saturated carbocycles. The molecule has 0 aliphatic heterocycles. The van der Waals surface area contributed by atoms with E-state index in [-0.39, 0.29) is 0 Å². The zero-order valence-electron chi connectivity index (χ0n) is 5.87. The Morgan fingerprint density at radius 2 is 2.50 bits per heavy atom. The summed E-state index contributed by atoms with van der Waals surface area (Å²) in [6.07, 6.45) is 3.82. The minimum atomic E-state index is 0.994. The van der Waals surface area contributed by atoms with Gasteiger partial charge in [0.25, 0.3) is 0 Å². The van der Waals surface area contributed by atoms with Crippen LogP contribution in [0.3, 0.4) is 0 Å². The van der Waals surface area contributed by atoms with Gasteiger partial charge in [-0.15, -0.1) is 11.8 Å².